The number of aryl methyl sites for hydroxylation is 1. The summed E-state index contributed by atoms with van der Waals surface area (Å²) in [7, 11) is 0. The van der Waals surface area contributed by atoms with Gasteiger partial charge in [-0.1, -0.05) is 33.6 Å². The predicted octanol–water partition coefficient (Wildman–Crippen LogP) is 2.72. The van der Waals surface area contributed by atoms with Gasteiger partial charge in [0.25, 0.3) is 11.8 Å². The molecule has 0 aromatic heterocycles. The molecule has 1 unspecified atom stereocenters. The van der Waals surface area contributed by atoms with Crippen LogP contribution in [0.5, 0.6) is 0 Å². The summed E-state index contributed by atoms with van der Waals surface area (Å²) in [4.78, 5) is 25.1. The summed E-state index contributed by atoms with van der Waals surface area (Å²) >= 11 is 3.47. The summed E-state index contributed by atoms with van der Waals surface area (Å²) in [5.74, 6) is -0.565. The van der Waals surface area contributed by atoms with Crippen LogP contribution in [0.4, 0.5) is 11.4 Å². The fraction of sp³-hybridized carbons (Fsp3) is 0.125. The summed E-state index contributed by atoms with van der Waals surface area (Å²) in [6.07, 6.45) is 0. The summed E-state index contributed by atoms with van der Waals surface area (Å²) in [6.45, 7) is 1.92. The lowest BCUT2D eigenvalue weighted by molar-refractivity contribution is -0.120. The van der Waals surface area contributed by atoms with Crippen molar-refractivity contribution in [3.63, 3.8) is 0 Å². The Bertz CT molecular complexity index is 849. The van der Waals surface area contributed by atoms with Crippen molar-refractivity contribution >= 4 is 39.1 Å². The van der Waals surface area contributed by atoms with Crippen molar-refractivity contribution in [2.24, 2.45) is 0 Å². The molecule has 4 rings (SSSR count). The molecule has 1 atom stereocenters. The van der Waals surface area contributed by atoms with Crippen LogP contribution in [0.25, 0.3) is 0 Å². The number of anilines is 2. The molecule has 2 aromatic rings. The Kier molecular flexibility index (Phi) is 2.62. The highest BCUT2D eigenvalue weighted by atomic mass is 79.9. The van der Waals surface area contributed by atoms with Crippen LogP contribution >= 0.6 is 15.9 Å². The highest BCUT2D eigenvalue weighted by Crippen LogP contribution is 2.43. The van der Waals surface area contributed by atoms with Gasteiger partial charge in [0, 0.05) is 15.7 Å². The van der Waals surface area contributed by atoms with Crippen molar-refractivity contribution in [1.29, 1.82) is 0 Å². The van der Waals surface area contributed by atoms with E-state index in [1.54, 1.807) is 6.07 Å². The van der Waals surface area contributed by atoms with E-state index in [0.717, 1.165) is 10.0 Å². The molecule has 2 aromatic carbocycles. The number of amides is 2. The molecular formula is C16H12BrN3O2. The second-order valence-corrected chi connectivity index (χ2v) is 6.35. The molecule has 1 spiro atoms. The number of benzene rings is 2. The molecule has 22 heavy (non-hydrogen) atoms. The van der Waals surface area contributed by atoms with E-state index in [1.807, 2.05) is 37.3 Å². The van der Waals surface area contributed by atoms with Gasteiger partial charge in [0.15, 0.2) is 0 Å². The van der Waals surface area contributed by atoms with Crippen LogP contribution in [0.3, 0.4) is 0 Å². The maximum Gasteiger partial charge on any atom is 0.276 e. The number of fused-ring (bicyclic) bond motifs is 3. The Balaban J connectivity index is 1.93. The molecule has 0 saturated carbocycles. The normalized spacial score (nSPS) is 21.7. The quantitative estimate of drug-likeness (QED) is 0.678. The van der Waals surface area contributed by atoms with Crippen LogP contribution in [-0.4, -0.2) is 11.8 Å². The van der Waals surface area contributed by atoms with Crippen molar-refractivity contribution in [3.05, 3.63) is 57.6 Å². The van der Waals surface area contributed by atoms with Gasteiger partial charge in [-0.25, -0.2) is 0 Å². The third kappa shape index (κ3) is 1.64. The molecule has 2 aliphatic heterocycles. The van der Waals surface area contributed by atoms with Crippen LogP contribution in [0, 0.1) is 6.92 Å². The van der Waals surface area contributed by atoms with Gasteiger partial charge in [0.2, 0.25) is 5.66 Å². The monoisotopic (exact) mass is 357 g/mol. The SMILES string of the molecule is Cc1ccc2c(c1)C(=O)NC1(N2)C(=O)Nc2cccc(Br)c21. The van der Waals surface area contributed by atoms with E-state index in [1.165, 1.54) is 0 Å². The second-order valence-electron chi connectivity index (χ2n) is 5.49. The van der Waals surface area contributed by atoms with Crippen molar-refractivity contribution in [2.45, 2.75) is 12.6 Å². The lowest BCUT2D eigenvalue weighted by Gasteiger charge is -2.36. The molecule has 3 N–H and O–H groups in total. The molecule has 2 aliphatic rings. The third-order valence-corrected chi connectivity index (χ3v) is 4.68. The molecule has 5 nitrogen and oxygen atoms in total. The maximum absolute atomic E-state index is 12.6. The molecule has 2 heterocycles. The van der Waals surface area contributed by atoms with E-state index >= 15 is 0 Å². The zero-order valence-electron chi connectivity index (χ0n) is 11.7. The number of hydrogen-bond acceptors (Lipinski definition) is 3. The summed E-state index contributed by atoms with van der Waals surface area (Å²) in [6, 6.07) is 11.0. The van der Waals surface area contributed by atoms with Crippen molar-refractivity contribution in [3.8, 4) is 0 Å². The number of carbonyl (C=O) groups excluding carboxylic acids is 2. The largest absolute Gasteiger partial charge is 0.350 e. The van der Waals surface area contributed by atoms with Crippen LogP contribution in [0.15, 0.2) is 40.9 Å². The van der Waals surface area contributed by atoms with Gasteiger partial charge >= 0.3 is 0 Å². The fourth-order valence-corrected chi connectivity index (χ4v) is 3.67. The minimum absolute atomic E-state index is 0.267. The zero-order valence-corrected chi connectivity index (χ0v) is 13.2. The van der Waals surface area contributed by atoms with Gasteiger partial charge in [0.1, 0.15) is 0 Å². The Labute approximate surface area is 135 Å². The molecule has 0 radical (unpaired) electrons. The van der Waals surface area contributed by atoms with Gasteiger partial charge in [-0.3, -0.25) is 9.59 Å². The minimum Gasteiger partial charge on any atom is -0.350 e. The van der Waals surface area contributed by atoms with Crippen LogP contribution in [-0.2, 0) is 10.5 Å². The average molecular weight is 358 g/mol. The topological polar surface area (TPSA) is 70.2 Å². The van der Waals surface area contributed by atoms with Gasteiger partial charge in [-0.05, 0) is 31.2 Å². The minimum atomic E-state index is -1.28. The molecule has 110 valence electrons. The fourth-order valence-electron chi connectivity index (χ4n) is 3.00. The molecule has 0 saturated heterocycles. The van der Waals surface area contributed by atoms with Gasteiger partial charge in [-0.15, -0.1) is 0 Å². The molecule has 0 fully saturated rings. The first-order chi connectivity index (χ1) is 10.5. The Hall–Kier alpha value is -2.34. The van der Waals surface area contributed by atoms with E-state index in [4.69, 9.17) is 0 Å². The van der Waals surface area contributed by atoms with Crippen LogP contribution in [0.1, 0.15) is 21.5 Å². The summed E-state index contributed by atoms with van der Waals surface area (Å²) in [5.41, 5.74) is 2.27. The van der Waals surface area contributed by atoms with E-state index in [9.17, 15) is 9.59 Å². The lowest BCUT2D eigenvalue weighted by Crippen LogP contribution is -2.59. The number of rotatable bonds is 0. The summed E-state index contributed by atoms with van der Waals surface area (Å²) in [5, 5.41) is 8.85. The van der Waals surface area contributed by atoms with Crippen LogP contribution < -0.4 is 16.0 Å². The molecular weight excluding hydrogens is 346 g/mol. The van der Waals surface area contributed by atoms with E-state index in [0.29, 0.717) is 22.5 Å². The molecule has 6 heteroatoms. The Morgan fingerprint density at radius 2 is 1.86 bits per heavy atom. The van der Waals surface area contributed by atoms with E-state index in [2.05, 4.69) is 31.9 Å². The number of carbonyl (C=O) groups is 2. The van der Waals surface area contributed by atoms with Gasteiger partial charge in [0.05, 0.1) is 11.3 Å². The predicted molar refractivity (Wildman–Crippen MR) is 86.7 cm³/mol. The van der Waals surface area contributed by atoms with Gasteiger partial charge < -0.3 is 16.0 Å². The maximum atomic E-state index is 12.6. The lowest BCUT2D eigenvalue weighted by atomic mass is 9.95. The first kappa shape index (κ1) is 13.3. The van der Waals surface area contributed by atoms with Crippen molar-refractivity contribution in [2.75, 3.05) is 10.6 Å². The average Bonchev–Trinajstić information content (AvgIpc) is 2.73. The van der Waals surface area contributed by atoms with Gasteiger partial charge in [-0.2, -0.15) is 0 Å². The number of hydrogen-bond donors (Lipinski definition) is 3. The number of halogens is 1. The van der Waals surface area contributed by atoms with Crippen molar-refractivity contribution < 1.29 is 9.59 Å². The van der Waals surface area contributed by atoms with Crippen molar-refractivity contribution in [1.82, 2.24) is 5.32 Å². The Morgan fingerprint density at radius 1 is 1.05 bits per heavy atom. The van der Waals surface area contributed by atoms with Crippen LogP contribution in [0.2, 0.25) is 0 Å². The Morgan fingerprint density at radius 3 is 2.68 bits per heavy atom. The van der Waals surface area contributed by atoms with E-state index in [-0.39, 0.29) is 11.8 Å². The molecule has 0 aliphatic carbocycles. The smallest absolute Gasteiger partial charge is 0.276 e. The first-order valence-corrected chi connectivity index (χ1v) is 7.62. The molecule has 2 amide bonds. The standard InChI is InChI=1S/C16H12BrN3O2/c1-8-5-6-11-9(7-8)14(21)20-16(19-11)13-10(17)3-2-4-12(13)18-15(16)22/h2-7,19H,1H3,(H,18,22)(H,20,21). The zero-order chi connectivity index (χ0) is 15.5. The second kappa shape index (κ2) is 4.33. The van der Waals surface area contributed by atoms with E-state index < -0.39 is 5.66 Å². The molecule has 0 bridgehead atoms. The third-order valence-electron chi connectivity index (χ3n) is 4.02. The first-order valence-electron chi connectivity index (χ1n) is 6.83. The highest BCUT2D eigenvalue weighted by molar-refractivity contribution is 9.10. The summed E-state index contributed by atoms with van der Waals surface area (Å²) < 4.78 is 0.756. The number of nitrogens with one attached hydrogen (secondary N) is 3. The highest BCUT2D eigenvalue weighted by Gasteiger charge is 2.52.